The highest BCUT2D eigenvalue weighted by Gasteiger charge is 2.26. The average Bonchev–Trinajstić information content (AvgIpc) is 2.09. The lowest BCUT2D eigenvalue weighted by Gasteiger charge is -2.21. The zero-order valence-corrected chi connectivity index (χ0v) is 11.0. The van der Waals surface area contributed by atoms with E-state index >= 15 is 0 Å². The Morgan fingerprint density at radius 3 is 2.06 bits per heavy atom. The molecular formula is C12H24O4. The van der Waals surface area contributed by atoms with E-state index < -0.39 is 11.4 Å². The fraction of sp³-hybridized carbons (Fsp3) is 0.917. The Bertz CT molecular complexity index is 216. The molecule has 0 unspecified atom stereocenters. The quantitative estimate of drug-likeness (QED) is 0.684. The van der Waals surface area contributed by atoms with E-state index in [0.29, 0.717) is 26.2 Å². The van der Waals surface area contributed by atoms with Crippen molar-refractivity contribution >= 4 is 5.97 Å². The van der Waals surface area contributed by atoms with Gasteiger partial charge >= 0.3 is 5.97 Å². The number of carboxylic acids is 1. The Morgan fingerprint density at radius 1 is 1.06 bits per heavy atom. The molecular weight excluding hydrogens is 208 g/mol. The lowest BCUT2D eigenvalue weighted by atomic mass is 9.90. The molecule has 0 fully saturated rings. The number of aliphatic carboxylic acids is 1. The highest BCUT2D eigenvalue weighted by Crippen LogP contribution is 2.20. The third-order valence-electron chi connectivity index (χ3n) is 2.21. The molecule has 0 rings (SSSR count). The van der Waals surface area contributed by atoms with Crippen LogP contribution in [-0.4, -0.2) is 36.5 Å². The molecule has 0 aliphatic rings. The molecule has 96 valence electrons. The summed E-state index contributed by atoms with van der Waals surface area (Å²) in [5.41, 5.74) is -0.866. The van der Waals surface area contributed by atoms with E-state index in [-0.39, 0.29) is 5.60 Å². The second-order valence-corrected chi connectivity index (χ2v) is 5.51. The number of hydrogen-bond acceptors (Lipinski definition) is 3. The summed E-state index contributed by atoms with van der Waals surface area (Å²) in [6.07, 6.45) is 0.512. The van der Waals surface area contributed by atoms with Crippen LogP contribution in [0.2, 0.25) is 0 Å². The number of rotatable bonds is 7. The molecule has 16 heavy (non-hydrogen) atoms. The molecule has 0 aromatic heterocycles. The third-order valence-corrected chi connectivity index (χ3v) is 2.21. The van der Waals surface area contributed by atoms with Crippen LogP contribution in [0.15, 0.2) is 0 Å². The highest BCUT2D eigenvalue weighted by atomic mass is 16.5. The van der Waals surface area contributed by atoms with Gasteiger partial charge in [-0.15, -0.1) is 0 Å². The normalized spacial score (nSPS) is 12.8. The van der Waals surface area contributed by atoms with Crippen molar-refractivity contribution in [3.05, 3.63) is 0 Å². The van der Waals surface area contributed by atoms with Gasteiger partial charge in [0, 0.05) is 6.61 Å². The average molecular weight is 232 g/mol. The van der Waals surface area contributed by atoms with Crippen molar-refractivity contribution in [2.75, 3.05) is 19.8 Å². The van der Waals surface area contributed by atoms with Crippen molar-refractivity contribution in [3.63, 3.8) is 0 Å². The summed E-state index contributed by atoms with van der Waals surface area (Å²) in [6.45, 7) is 10.9. The fourth-order valence-corrected chi connectivity index (χ4v) is 0.943. The van der Waals surface area contributed by atoms with Gasteiger partial charge in [-0.3, -0.25) is 4.79 Å². The monoisotopic (exact) mass is 232 g/mol. The van der Waals surface area contributed by atoms with Gasteiger partial charge in [0.2, 0.25) is 0 Å². The van der Waals surface area contributed by atoms with Crippen molar-refractivity contribution < 1.29 is 19.4 Å². The minimum Gasteiger partial charge on any atom is -0.481 e. The minimum absolute atomic E-state index is 0.149. The summed E-state index contributed by atoms with van der Waals surface area (Å²) < 4.78 is 10.8. The molecule has 0 heterocycles. The van der Waals surface area contributed by atoms with E-state index in [4.69, 9.17) is 14.6 Å². The lowest BCUT2D eigenvalue weighted by Crippen LogP contribution is -2.26. The van der Waals surface area contributed by atoms with Crippen LogP contribution in [0.5, 0.6) is 0 Å². The molecule has 0 saturated heterocycles. The summed E-state index contributed by atoms with van der Waals surface area (Å²) in [6, 6.07) is 0. The molecule has 0 bridgehead atoms. The molecule has 1 N–H and O–H groups in total. The zero-order chi connectivity index (χ0) is 12.8. The minimum atomic E-state index is -0.790. The Kier molecular flexibility index (Phi) is 5.97. The van der Waals surface area contributed by atoms with Gasteiger partial charge in [0.25, 0.3) is 0 Å². The van der Waals surface area contributed by atoms with Crippen molar-refractivity contribution in [1.82, 2.24) is 0 Å². The predicted octanol–water partition coefficient (Wildman–Crippen LogP) is 2.32. The van der Waals surface area contributed by atoms with Crippen LogP contribution in [0.4, 0.5) is 0 Å². The second-order valence-electron chi connectivity index (χ2n) is 5.51. The molecule has 0 aromatic rings. The Labute approximate surface area is 97.9 Å². The van der Waals surface area contributed by atoms with Crippen LogP contribution < -0.4 is 0 Å². The first-order valence-corrected chi connectivity index (χ1v) is 5.60. The van der Waals surface area contributed by atoms with E-state index in [2.05, 4.69) is 0 Å². The maximum absolute atomic E-state index is 10.8. The van der Waals surface area contributed by atoms with Crippen molar-refractivity contribution in [2.24, 2.45) is 5.41 Å². The van der Waals surface area contributed by atoms with Crippen molar-refractivity contribution in [1.29, 1.82) is 0 Å². The lowest BCUT2D eigenvalue weighted by molar-refractivity contribution is -0.148. The summed E-state index contributed by atoms with van der Waals surface area (Å²) >= 11 is 0. The predicted molar refractivity (Wildman–Crippen MR) is 62.6 cm³/mol. The first-order valence-electron chi connectivity index (χ1n) is 5.60. The second kappa shape index (κ2) is 6.21. The first-order chi connectivity index (χ1) is 7.15. The third kappa shape index (κ3) is 7.65. The van der Waals surface area contributed by atoms with Crippen LogP contribution in [0.3, 0.4) is 0 Å². The van der Waals surface area contributed by atoms with Crippen LogP contribution >= 0.6 is 0 Å². The maximum atomic E-state index is 10.8. The topological polar surface area (TPSA) is 55.8 Å². The van der Waals surface area contributed by atoms with E-state index in [1.54, 1.807) is 13.8 Å². The molecule has 0 spiro atoms. The molecule has 4 nitrogen and oxygen atoms in total. The van der Waals surface area contributed by atoms with Gasteiger partial charge in [-0.1, -0.05) is 0 Å². The van der Waals surface area contributed by atoms with Crippen molar-refractivity contribution in [2.45, 2.75) is 46.6 Å². The van der Waals surface area contributed by atoms with E-state index in [0.717, 1.165) is 0 Å². The molecule has 0 aliphatic heterocycles. The Morgan fingerprint density at radius 2 is 1.62 bits per heavy atom. The Balaban J connectivity index is 3.52. The van der Waals surface area contributed by atoms with Gasteiger partial charge in [0.1, 0.15) is 0 Å². The molecule has 4 heteroatoms. The van der Waals surface area contributed by atoms with Gasteiger partial charge in [0.15, 0.2) is 0 Å². The number of carboxylic acid groups (broad SMARTS) is 1. The van der Waals surface area contributed by atoms with Gasteiger partial charge < -0.3 is 14.6 Å². The van der Waals surface area contributed by atoms with Crippen LogP contribution in [0.1, 0.15) is 41.0 Å². The summed E-state index contributed by atoms with van der Waals surface area (Å²) in [7, 11) is 0. The molecule has 0 aliphatic carbocycles. The zero-order valence-electron chi connectivity index (χ0n) is 11.0. The van der Waals surface area contributed by atoms with Gasteiger partial charge in [-0.2, -0.15) is 0 Å². The smallest absolute Gasteiger partial charge is 0.309 e. The number of ether oxygens (including phenoxy) is 2. The molecule has 0 saturated carbocycles. The number of carbonyl (C=O) groups is 1. The largest absolute Gasteiger partial charge is 0.481 e. The SMILES string of the molecule is CC(C)(C)OCCOCCC(C)(C)C(=O)O. The van der Waals surface area contributed by atoms with Crippen LogP contribution in [0, 0.1) is 5.41 Å². The molecule has 0 aromatic carbocycles. The fourth-order valence-electron chi connectivity index (χ4n) is 0.943. The van der Waals surface area contributed by atoms with Crippen molar-refractivity contribution in [3.8, 4) is 0 Å². The van der Waals surface area contributed by atoms with E-state index in [1.807, 2.05) is 20.8 Å². The van der Waals surface area contributed by atoms with Crippen LogP contribution in [0.25, 0.3) is 0 Å². The van der Waals surface area contributed by atoms with Crippen LogP contribution in [-0.2, 0) is 14.3 Å². The van der Waals surface area contributed by atoms with E-state index in [9.17, 15) is 4.79 Å². The first kappa shape index (κ1) is 15.4. The summed E-state index contributed by atoms with van der Waals surface area (Å²) in [5.74, 6) is -0.790. The highest BCUT2D eigenvalue weighted by molar-refractivity contribution is 5.73. The molecule has 0 amide bonds. The Hall–Kier alpha value is -0.610. The summed E-state index contributed by atoms with van der Waals surface area (Å²) in [5, 5.41) is 8.87. The van der Waals surface area contributed by atoms with Gasteiger partial charge in [-0.25, -0.2) is 0 Å². The van der Waals surface area contributed by atoms with E-state index in [1.165, 1.54) is 0 Å². The van der Waals surface area contributed by atoms with Gasteiger partial charge in [-0.05, 0) is 41.0 Å². The molecule has 0 atom stereocenters. The number of hydrogen-bond donors (Lipinski definition) is 1. The molecule has 0 radical (unpaired) electrons. The summed E-state index contributed by atoms with van der Waals surface area (Å²) in [4.78, 5) is 10.8. The standard InChI is InChI=1S/C12H24O4/c1-11(2,3)16-9-8-15-7-6-12(4,5)10(13)14/h6-9H2,1-5H3,(H,13,14). The van der Waals surface area contributed by atoms with Gasteiger partial charge in [0.05, 0.1) is 24.2 Å². The maximum Gasteiger partial charge on any atom is 0.309 e.